The molecule has 4 heteroatoms. The van der Waals surface area contributed by atoms with Crippen molar-refractivity contribution < 1.29 is 14.6 Å². The molecule has 0 aromatic heterocycles. The van der Waals surface area contributed by atoms with Crippen molar-refractivity contribution >= 4 is 0 Å². The average Bonchev–Trinajstić information content (AvgIpc) is 2.28. The number of benzene rings is 1. The van der Waals surface area contributed by atoms with Gasteiger partial charge in [0.1, 0.15) is 5.82 Å². The molecule has 90 valence electrons. The summed E-state index contributed by atoms with van der Waals surface area (Å²) in [4.78, 5) is 1.86. The first-order valence-electron chi connectivity index (χ1n) is 5.29. The quantitative estimate of drug-likeness (QED) is 0.793. The lowest BCUT2D eigenvalue weighted by molar-refractivity contribution is 0.0862. The van der Waals surface area contributed by atoms with E-state index in [1.807, 2.05) is 18.9 Å². The Kier molecular flexibility index (Phi) is 4.86. The maximum atomic E-state index is 12.7. The number of likely N-dealkylation sites (N-methyl/N-ethyl adjacent to an activating group) is 1. The zero-order chi connectivity index (χ0) is 12.1. The summed E-state index contributed by atoms with van der Waals surface area (Å²) in [5.74, 6) is -0.312. The number of nitrogens with zero attached hydrogens (tertiary/aromatic N) is 1. The summed E-state index contributed by atoms with van der Waals surface area (Å²) in [6, 6.07) is 5.78. The van der Waals surface area contributed by atoms with Gasteiger partial charge in [0, 0.05) is 12.6 Å². The van der Waals surface area contributed by atoms with Crippen molar-refractivity contribution in [3.05, 3.63) is 35.6 Å². The van der Waals surface area contributed by atoms with Crippen LogP contribution >= 0.6 is 0 Å². The average molecular weight is 227 g/mol. The van der Waals surface area contributed by atoms with Crippen molar-refractivity contribution in [2.75, 3.05) is 20.2 Å². The van der Waals surface area contributed by atoms with E-state index in [0.717, 1.165) is 0 Å². The van der Waals surface area contributed by atoms with Gasteiger partial charge in [-0.25, -0.2) is 4.39 Å². The number of hydrogen-bond acceptors (Lipinski definition) is 3. The van der Waals surface area contributed by atoms with Gasteiger partial charge in [0.2, 0.25) is 0 Å². The third-order valence-electron chi connectivity index (χ3n) is 2.73. The first-order valence-corrected chi connectivity index (χ1v) is 5.29. The molecule has 0 aliphatic heterocycles. The summed E-state index contributed by atoms with van der Waals surface area (Å²) in [7, 11) is 1.83. The summed E-state index contributed by atoms with van der Waals surface area (Å²) in [5.41, 5.74) is 0.679. The van der Waals surface area contributed by atoms with Crippen LogP contribution in [0.15, 0.2) is 24.3 Å². The third-order valence-corrected chi connectivity index (χ3v) is 2.73. The Morgan fingerprint density at radius 1 is 1.31 bits per heavy atom. The molecule has 1 aromatic carbocycles. The molecule has 0 radical (unpaired) electrons. The lowest BCUT2D eigenvalue weighted by Gasteiger charge is -2.25. The van der Waals surface area contributed by atoms with Gasteiger partial charge < -0.3 is 10.2 Å². The van der Waals surface area contributed by atoms with E-state index in [1.54, 1.807) is 12.1 Å². The topological polar surface area (TPSA) is 43.7 Å². The number of aliphatic hydroxyl groups is 2. The van der Waals surface area contributed by atoms with E-state index >= 15 is 0 Å². The fraction of sp³-hybridized carbons (Fsp3) is 0.500. The number of halogens is 1. The normalized spacial score (nSPS) is 15.1. The van der Waals surface area contributed by atoms with Crippen LogP contribution in [0.2, 0.25) is 0 Å². The smallest absolute Gasteiger partial charge is 0.123 e. The highest BCUT2D eigenvalue weighted by Crippen LogP contribution is 2.15. The summed E-state index contributed by atoms with van der Waals surface area (Å²) < 4.78 is 12.7. The van der Waals surface area contributed by atoms with E-state index < -0.39 is 6.10 Å². The highest BCUT2D eigenvalue weighted by Gasteiger charge is 2.14. The molecule has 16 heavy (non-hydrogen) atoms. The largest absolute Gasteiger partial charge is 0.395 e. The molecule has 3 nitrogen and oxygen atoms in total. The minimum Gasteiger partial charge on any atom is -0.395 e. The minimum atomic E-state index is -0.667. The van der Waals surface area contributed by atoms with Gasteiger partial charge >= 0.3 is 0 Å². The van der Waals surface area contributed by atoms with Crippen LogP contribution in [0, 0.1) is 5.82 Å². The molecular formula is C12H18FNO2. The monoisotopic (exact) mass is 227 g/mol. The second-order valence-corrected chi connectivity index (χ2v) is 4.04. The van der Waals surface area contributed by atoms with E-state index in [4.69, 9.17) is 5.11 Å². The first-order chi connectivity index (χ1) is 7.54. The third kappa shape index (κ3) is 3.56. The van der Waals surface area contributed by atoms with Crippen molar-refractivity contribution in [3.8, 4) is 0 Å². The van der Waals surface area contributed by atoms with E-state index in [1.165, 1.54) is 12.1 Å². The highest BCUT2D eigenvalue weighted by molar-refractivity contribution is 5.18. The summed E-state index contributed by atoms with van der Waals surface area (Å²) >= 11 is 0. The SMILES string of the molecule is CC(CO)N(C)CC(O)c1ccc(F)cc1. The molecule has 0 bridgehead atoms. The van der Waals surface area contributed by atoms with Gasteiger partial charge in [-0.05, 0) is 31.7 Å². The molecule has 0 aliphatic rings. The Balaban J connectivity index is 2.58. The van der Waals surface area contributed by atoms with Gasteiger partial charge in [-0.3, -0.25) is 4.90 Å². The number of hydrogen-bond donors (Lipinski definition) is 2. The fourth-order valence-electron chi connectivity index (χ4n) is 1.38. The van der Waals surface area contributed by atoms with Crippen LogP contribution in [0.25, 0.3) is 0 Å². The van der Waals surface area contributed by atoms with Gasteiger partial charge in [0.05, 0.1) is 12.7 Å². The van der Waals surface area contributed by atoms with Gasteiger partial charge in [-0.15, -0.1) is 0 Å². The number of rotatable bonds is 5. The molecule has 1 aromatic rings. The van der Waals surface area contributed by atoms with Crippen molar-refractivity contribution in [1.29, 1.82) is 0 Å². The van der Waals surface area contributed by atoms with Gasteiger partial charge in [-0.2, -0.15) is 0 Å². The van der Waals surface area contributed by atoms with Crippen molar-refractivity contribution in [1.82, 2.24) is 4.90 Å². The Hall–Kier alpha value is -0.970. The highest BCUT2D eigenvalue weighted by atomic mass is 19.1. The van der Waals surface area contributed by atoms with E-state index in [9.17, 15) is 9.50 Å². The predicted molar refractivity (Wildman–Crippen MR) is 60.5 cm³/mol. The fourth-order valence-corrected chi connectivity index (χ4v) is 1.38. The van der Waals surface area contributed by atoms with Gasteiger partial charge in [0.25, 0.3) is 0 Å². The van der Waals surface area contributed by atoms with Crippen molar-refractivity contribution in [2.24, 2.45) is 0 Å². The number of aliphatic hydroxyl groups excluding tert-OH is 2. The minimum absolute atomic E-state index is 0.00454. The molecule has 2 N–H and O–H groups in total. The van der Waals surface area contributed by atoms with E-state index in [-0.39, 0.29) is 18.5 Å². The molecule has 0 fully saturated rings. The van der Waals surface area contributed by atoms with Crippen LogP contribution in [0.4, 0.5) is 4.39 Å². The molecule has 1 rings (SSSR count). The summed E-state index contributed by atoms with van der Waals surface area (Å²) in [5, 5.41) is 18.8. The molecule has 0 spiro atoms. The van der Waals surface area contributed by atoms with Crippen LogP contribution in [-0.2, 0) is 0 Å². The zero-order valence-corrected chi connectivity index (χ0v) is 9.60. The Morgan fingerprint density at radius 2 is 1.88 bits per heavy atom. The zero-order valence-electron chi connectivity index (χ0n) is 9.60. The lowest BCUT2D eigenvalue weighted by Crippen LogP contribution is -2.35. The van der Waals surface area contributed by atoms with Crippen molar-refractivity contribution in [3.63, 3.8) is 0 Å². The molecule has 2 unspecified atom stereocenters. The molecule has 0 aliphatic carbocycles. The first kappa shape index (κ1) is 13.1. The Labute approximate surface area is 95.1 Å². The maximum Gasteiger partial charge on any atom is 0.123 e. The second kappa shape index (κ2) is 5.94. The van der Waals surface area contributed by atoms with Gasteiger partial charge in [-0.1, -0.05) is 12.1 Å². The Morgan fingerprint density at radius 3 is 2.38 bits per heavy atom. The molecule has 2 atom stereocenters. The van der Waals surface area contributed by atoms with Crippen LogP contribution in [-0.4, -0.2) is 41.4 Å². The van der Waals surface area contributed by atoms with E-state index in [0.29, 0.717) is 12.1 Å². The molecule has 0 saturated carbocycles. The molecule has 0 saturated heterocycles. The summed E-state index contributed by atoms with van der Waals surface area (Å²) in [6.07, 6.45) is -0.667. The van der Waals surface area contributed by atoms with E-state index in [2.05, 4.69) is 0 Å². The van der Waals surface area contributed by atoms with Crippen LogP contribution in [0.1, 0.15) is 18.6 Å². The molecule has 0 amide bonds. The molecular weight excluding hydrogens is 209 g/mol. The van der Waals surface area contributed by atoms with Crippen LogP contribution in [0.5, 0.6) is 0 Å². The maximum absolute atomic E-state index is 12.7. The Bertz CT molecular complexity index is 315. The van der Waals surface area contributed by atoms with Gasteiger partial charge in [0.15, 0.2) is 0 Å². The standard InChI is InChI=1S/C12H18FNO2/c1-9(8-15)14(2)7-12(16)10-3-5-11(13)6-4-10/h3-6,9,12,15-16H,7-8H2,1-2H3. The van der Waals surface area contributed by atoms with Crippen molar-refractivity contribution in [2.45, 2.75) is 19.1 Å². The second-order valence-electron chi connectivity index (χ2n) is 4.04. The predicted octanol–water partition coefficient (Wildman–Crippen LogP) is 1.17. The van der Waals surface area contributed by atoms with Crippen LogP contribution < -0.4 is 0 Å². The lowest BCUT2D eigenvalue weighted by atomic mass is 10.1. The van der Waals surface area contributed by atoms with Crippen LogP contribution in [0.3, 0.4) is 0 Å². The molecule has 0 heterocycles. The summed E-state index contributed by atoms with van der Waals surface area (Å²) in [6.45, 7) is 2.33.